The lowest BCUT2D eigenvalue weighted by Gasteiger charge is -2.17. The van der Waals surface area contributed by atoms with E-state index in [1.54, 1.807) is 0 Å². The molecule has 0 fully saturated rings. The summed E-state index contributed by atoms with van der Waals surface area (Å²) >= 11 is 0. The molecule has 1 atom stereocenters. The van der Waals surface area contributed by atoms with Gasteiger partial charge in [-0.15, -0.1) is 11.8 Å². The van der Waals surface area contributed by atoms with Crippen LogP contribution in [0.15, 0.2) is 24.3 Å². The third-order valence-electron chi connectivity index (χ3n) is 2.65. The Morgan fingerprint density at radius 3 is 2.59 bits per heavy atom. The van der Waals surface area contributed by atoms with Gasteiger partial charge in [-0.05, 0) is 44.0 Å². The van der Waals surface area contributed by atoms with Crippen molar-refractivity contribution in [2.75, 3.05) is 6.54 Å². The first-order valence-electron chi connectivity index (χ1n) is 6.16. The molecule has 0 aromatic heterocycles. The predicted octanol–water partition coefficient (Wildman–Crippen LogP) is 3.67. The van der Waals surface area contributed by atoms with Gasteiger partial charge in [0, 0.05) is 12.5 Å². The van der Waals surface area contributed by atoms with Crippen molar-refractivity contribution in [3.05, 3.63) is 35.6 Å². The van der Waals surface area contributed by atoms with Gasteiger partial charge in [-0.2, -0.15) is 0 Å². The maximum absolute atomic E-state index is 12.9. The lowest BCUT2D eigenvalue weighted by atomic mass is 10.0. The Bertz CT molecular complexity index is 372. The highest BCUT2D eigenvalue weighted by atomic mass is 19.1. The van der Waals surface area contributed by atoms with Crippen molar-refractivity contribution in [2.24, 2.45) is 0 Å². The second kappa shape index (κ2) is 7.86. The number of rotatable bonds is 6. The third-order valence-corrected chi connectivity index (χ3v) is 2.65. The van der Waals surface area contributed by atoms with Crippen LogP contribution in [0.1, 0.15) is 44.7 Å². The summed E-state index contributed by atoms with van der Waals surface area (Å²) in [5.74, 6) is 5.79. The third kappa shape index (κ3) is 5.01. The molecule has 0 spiro atoms. The van der Waals surface area contributed by atoms with E-state index in [4.69, 9.17) is 0 Å². The number of benzene rings is 1. The van der Waals surface area contributed by atoms with Crippen molar-refractivity contribution in [3.8, 4) is 11.8 Å². The van der Waals surface area contributed by atoms with Gasteiger partial charge in [-0.3, -0.25) is 0 Å². The molecule has 0 aliphatic carbocycles. The van der Waals surface area contributed by atoms with E-state index in [0.29, 0.717) is 0 Å². The smallest absolute Gasteiger partial charge is 0.123 e. The Balaban J connectivity index is 2.65. The Labute approximate surface area is 103 Å². The standard InChI is InChI=1S/C15H20FN/c1-3-5-6-7-15(17-12-4-2)13-8-10-14(16)11-9-13/h8-11,15,17H,4,6-7,12H2,1-2H3. The zero-order chi connectivity index (χ0) is 12.5. The summed E-state index contributed by atoms with van der Waals surface area (Å²) in [4.78, 5) is 0. The average Bonchev–Trinajstić information content (AvgIpc) is 2.35. The molecule has 1 aromatic carbocycles. The number of halogens is 1. The molecule has 0 amide bonds. The van der Waals surface area contributed by atoms with E-state index in [1.807, 2.05) is 19.1 Å². The van der Waals surface area contributed by atoms with E-state index in [0.717, 1.165) is 31.4 Å². The van der Waals surface area contributed by atoms with Crippen LogP contribution in [0, 0.1) is 17.7 Å². The zero-order valence-electron chi connectivity index (χ0n) is 10.6. The minimum Gasteiger partial charge on any atom is -0.310 e. The minimum atomic E-state index is -0.184. The largest absolute Gasteiger partial charge is 0.310 e. The average molecular weight is 233 g/mol. The Morgan fingerprint density at radius 2 is 2.00 bits per heavy atom. The zero-order valence-corrected chi connectivity index (χ0v) is 10.6. The molecular formula is C15H20FN. The Hall–Kier alpha value is -1.33. The summed E-state index contributed by atoms with van der Waals surface area (Å²) in [6, 6.07) is 7.00. The van der Waals surface area contributed by atoms with Gasteiger partial charge < -0.3 is 5.32 Å². The van der Waals surface area contributed by atoms with Gasteiger partial charge in [-0.25, -0.2) is 4.39 Å². The van der Waals surface area contributed by atoms with Gasteiger partial charge in [0.25, 0.3) is 0 Å². The summed E-state index contributed by atoms with van der Waals surface area (Å²) in [6.07, 6.45) is 2.93. The molecule has 0 saturated carbocycles. The number of hydrogen-bond acceptors (Lipinski definition) is 1. The molecule has 2 heteroatoms. The lowest BCUT2D eigenvalue weighted by molar-refractivity contribution is 0.504. The fraction of sp³-hybridized carbons (Fsp3) is 0.467. The molecule has 0 aliphatic rings. The topological polar surface area (TPSA) is 12.0 Å². The SMILES string of the molecule is CC#CCCC(NCCC)c1ccc(F)cc1. The van der Waals surface area contributed by atoms with E-state index >= 15 is 0 Å². The first kappa shape index (κ1) is 13.7. The number of hydrogen-bond donors (Lipinski definition) is 1. The second-order valence-corrected chi connectivity index (χ2v) is 4.02. The van der Waals surface area contributed by atoms with Crippen molar-refractivity contribution in [1.29, 1.82) is 0 Å². The second-order valence-electron chi connectivity index (χ2n) is 4.02. The van der Waals surface area contributed by atoms with Crippen molar-refractivity contribution < 1.29 is 4.39 Å². The molecule has 0 aliphatic heterocycles. The van der Waals surface area contributed by atoms with Crippen LogP contribution in [0.3, 0.4) is 0 Å². The fourth-order valence-corrected chi connectivity index (χ4v) is 1.74. The molecule has 0 saturated heterocycles. The van der Waals surface area contributed by atoms with Crippen LogP contribution in [0.5, 0.6) is 0 Å². The normalized spacial score (nSPS) is 11.7. The molecule has 1 unspecified atom stereocenters. The van der Waals surface area contributed by atoms with Gasteiger partial charge in [0.1, 0.15) is 5.82 Å². The quantitative estimate of drug-likeness (QED) is 0.739. The van der Waals surface area contributed by atoms with Crippen molar-refractivity contribution >= 4 is 0 Å². The summed E-state index contributed by atoms with van der Waals surface area (Å²) in [5, 5.41) is 3.47. The molecule has 1 N–H and O–H groups in total. The molecule has 1 aromatic rings. The molecule has 0 radical (unpaired) electrons. The van der Waals surface area contributed by atoms with Crippen molar-refractivity contribution in [1.82, 2.24) is 5.32 Å². The summed E-state index contributed by atoms with van der Waals surface area (Å²) in [5.41, 5.74) is 1.14. The maximum atomic E-state index is 12.9. The van der Waals surface area contributed by atoms with E-state index < -0.39 is 0 Å². The first-order chi connectivity index (χ1) is 8.27. The van der Waals surface area contributed by atoms with Crippen molar-refractivity contribution in [2.45, 2.75) is 39.2 Å². The Morgan fingerprint density at radius 1 is 1.29 bits per heavy atom. The van der Waals surface area contributed by atoms with Crippen LogP contribution < -0.4 is 5.32 Å². The minimum absolute atomic E-state index is 0.184. The highest BCUT2D eigenvalue weighted by Gasteiger charge is 2.09. The number of nitrogens with one attached hydrogen (secondary N) is 1. The van der Waals surface area contributed by atoms with E-state index in [2.05, 4.69) is 24.1 Å². The van der Waals surface area contributed by atoms with E-state index in [-0.39, 0.29) is 11.9 Å². The molecule has 17 heavy (non-hydrogen) atoms. The monoisotopic (exact) mass is 233 g/mol. The highest BCUT2D eigenvalue weighted by Crippen LogP contribution is 2.18. The van der Waals surface area contributed by atoms with E-state index in [1.165, 1.54) is 12.1 Å². The van der Waals surface area contributed by atoms with Crippen LogP contribution in [0.2, 0.25) is 0 Å². The molecular weight excluding hydrogens is 213 g/mol. The summed E-state index contributed by atoms with van der Waals surface area (Å²) < 4.78 is 12.9. The predicted molar refractivity (Wildman–Crippen MR) is 70.1 cm³/mol. The van der Waals surface area contributed by atoms with Crippen LogP contribution in [0.25, 0.3) is 0 Å². The van der Waals surface area contributed by atoms with Gasteiger partial charge in [0.05, 0.1) is 0 Å². The molecule has 1 nitrogen and oxygen atoms in total. The molecule has 0 heterocycles. The van der Waals surface area contributed by atoms with E-state index in [9.17, 15) is 4.39 Å². The van der Waals surface area contributed by atoms with Gasteiger partial charge in [-0.1, -0.05) is 19.1 Å². The maximum Gasteiger partial charge on any atom is 0.123 e. The van der Waals surface area contributed by atoms with Crippen LogP contribution >= 0.6 is 0 Å². The molecule has 1 rings (SSSR count). The van der Waals surface area contributed by atoms with Gasteiger partial charge in [0.15, 0.2) is 0 Å². The van der Waals surface area contributed by atoms with Crippen molar-refractivity contribution in [3.63, 3.8) is 0 Å². The molecule has 0 bridgehead atoms. The lowest BCUT2D eigenvalue weighted by Crippen LogP contribution is -2.22. The first-order valence-corrected chi connectivity index (χ1v) is 6.16. The molecule has 92 valence electrons. The summed E-state index contributed by atoms with van der Waals surface area (Å²) in [6.45, 7) is 4.97. The van der Waals surface area contributed by atoms with Crippen LogP contribution in [0.4, 0.5) is 4.39 Å². The van der Waals surface area contributed by atoms with Gasteiger partial charge >= 0.3 is 0 Å². The van der Waals surface area contributed by atoms with Gasteiger partial charge in [0.2, 0.25) is 0 Å². The summed E-state index contributed by atoms with van der Waals surface area (Å²) in [7, 11) is 0. The van der Waals surface area contributed by atoms with Crippen LogP contribution in [-0.4, -0.2) is 6.54 Å². The van der Waals surface area contributed by atoms with Crippen LogP contribution in [-0.2, 0) is 0 Å². The fourth-order valence-electron chi connectivity index (χ4n) is 1.74. The highest BCUT2D eigenvalue weighted by molar-refractivity contribution is 5.20. The Kier molecular flexibility index (Phi) is 6.35.